The summed E-state index contributed by atoms with van der Waals surface area (Å²) in [4.78, 5) is 12.8. The fraction of sp³-hybridized carbons (Fsp3) is 0.316. The lowest BCUT2D eigenvalue weighted by Gasteiger charge is -2.26. The van der Waals surface area contributed by atoms with E-state index in [1.54, 1.807) is 32.0 Å². The highest BCUT2D eigenvalue weighted by Gasteiger charge is 2.31. The number of carbonyl (C=O) groups is 1. The Morgan fingerprint density at radius 2 is 1.85 bits per heavy atom. The van der Waals surface area contributed by atoms with Crippen LogP contribution >= 0.6 is 11.6 Å². The van der Waals surface area contributed by atoms with Crippen LogP contribution in [-0.2, 0) is 10.2 Å². The van der Waals surface area contributed by atoms with Crippen molar-refractivity contribution in [1.82, 2.24) is 0 Å². The van der Waals surface area contributed by atoms with Crippen molar-refractivity contribution < 1.29 is 27.8 Å². The molecule has 0 spiro atoms. The molecule has 1 aliphatic rings. The Balaban J connectivity index is 1.77. The Hall–Kier alpha value is -2.54. The molecule has 0 saturated heterocycles. The number of hydrogen-bond donors (Lipinski definition) is 1. The highest BCUT2D eigenvalue weighted by molar-refractivity contribution is 6.32. The molecule has 0 radical (unpaired) electrons. The summed E-state index contributed by atoms with van der Waals surface area (Å²) in [5.41, 5.74) is 0.228. The number of amides is 1. The van der Waals surface area contributed by atoms with Gasteiger partial charge < -0.3 is 19.5 Å². The number of rotatable bonds is 5. The first kappa shape index (κ1) is 19.2. The topological polar surface area (TPSA) is 56.8 Å². The van der Waals surface area contributed by atoms with E-state index in [4.69, 9.17) is 21.1 Å². The highest BCUT2D eigenvalue weighted by atomic mass is 35.5. The van der Waals surface area contributed by atoms with E-state index >= 15 is 0 Å². The number of hydrogen-bond acceptors (Lipinski definition) is 4. The first-order valence-corrected chi connectivity index (χ1v) is 8.61. The molecule has 2 aromatic carbocycles. The van der Waals surface area contributed by atoms with Gasteiger partial charge in [-0.1, -0.05) is 17.7 Å². The Morgan fingerprint density at radius 3 is 2.52 bits per heavy atom. The minimum absolute atomic E-state index is 0.0229. The number of fused-ring (bicyclic) bond motifs is 1. The van der Waals surface area contributed by atoms with Crippen molar-refractivity contribution in [3.05, 3.63) is 47.0 Å². The molecule has 5 nitrogen and oxygen atoms in total. The van der Waals surface area contributed by atoms with Gasteiger partial charge in [-0.3, -0.25) is 4.79 Å². The first-order chi connectivity index (χ1) is 12.8. The van der Waals surface area contributed by atoms with Crippen molar-refractivity contribution in [3.8, 4) is 17.2 Å². The maximum absolute atomic E-state index is 12.8. The molecule has 0 aliphatic carbocycles. The number of benzene rings is 2. The molecule has 3 rings (SSSR count). The summed E-state index contributed by atoms with van der Waals surface area (Å²) in [6.45, 7) is 1.50. The summed E-state index contributed by atoms with van der Waals surface area (Å²) >= 11 is 5.93. The van der Waals surface area contributed by atoms with Gasteiger partial charge in [0.1, 0.15) is 19.0 Å². The number of anilines is 1. The molecule has 1 aliphatic heterocycles. The summed E-state index contributed by atoms with van der Waals surface area (Å²) in [6.07, 6.45) is 0. The third kappa shape index (κ3) is 4.24. The minimum atomic E-state index is -2.97. The highest BCUT2D eigenvalue weighted by Crippen LogP contribution is 2.36. The predicted octanol–water partition coefficient (Wildman–Crippen LogP) is 4.63. The lowest BCUT2D eigenvalue weighted by Crippen LogP contribution is -2.34. The van der Waals surface area contributed by atoms with E-state index in [2.05, 4.69) is 10.1 Å². The van der Waals surface area contributed by atoms with Gasteiger partial charge in [0.25, 0.3) is 0 Å². The Morgan fingerprint density at radius 1 is 1.15 bits per heavy atom. The minimum Gasteiger partial charge on any atom is -0.486 e. The van der Waals surface area contributed by atoms with E-state index in [9.17, 15) is 13.6 Å². The molecular weight excluding hydrogens is 380 g/mol. The summed E-state index contributed by atoms with van der Waals surface area (Å²) in [7, 11) is 0. The molecule has 0 fully saturated rings. The van der Waals surface area contributed by atoms with Gasteiger partial charge in [-0.15, -0.1) is 0 Å². The van der Waals surface area contributed by atoms with Crippen LogP contribution in [-0.4, -0.2) is 25.7 Å². The van der Waals surface area contributed by atoms with Crippen LogP contribution in [0.25, 0.3) is 0 Å². The number of alkyl halides is 2. The van der Waals surface area contributed by atoms with E-state index in [1.165, 1.54) is 18.2 Å². The monoisotopic (exact) mass is 397 g/mol. The van der Waals surface area contributed by atoms with Crippen molar-refractivity contribution in [3.63, 3.8) is 0 Å². The van der Waals surface area contributed by atoms with E-state index in [1.807, 2.05) is 0 Å². The molecule has 8 heteroatoms. The first-order valence-electron chi connectivity index (χ1n) is 8.23. The van der Waals surface area contributed by atoms with Gasteiger partial charge >= 0.3 is 6.61 Å². The molecule has 1 heterocycles. The van der Waals surface area contributed by atoms with Crippen molar-refractivity contribution >= 4 is 23.2 Å². The Bertz CT molecular complexity index is 858. The van der Waals surface area contributed by atoms with Gasteiger partial charge in [0.05, 0.1) is 10.4 Å². The summed E-state index contributed by atoms with van der Waals surface area (Å²) in [5.74, 6) is 0.785. The molecule has 0 aromatic heterocycles. The lowest BCUT2D eigenvalue weighted by atomic mass is 9.83. The summed E-state index contributed by atoms with van der Waals surface area (Å²) in [6, 6.07) is 9.44. The van der Waals surface area contributed by atoms with Crippen molar-refractivity contribution in [2.45, 2.75) is 25.9 Å². The standard InChI is InChI=1S/C19H18ClF2NO4/c1-19(2,11-3-5-15-16(9-11)26-8-7-25-15)17(24)23-12-4-6-14(13(20)10-12)27-18(21)22/h3-6,9-10,18H,7-8H2,1-2H3,(H,23,24). The average molecular weight is 398 g/mol. The van der Waals surface area contributed by atoms with Crippen LogP contribution in [0, 0.1) is 0 Å². The second kappa shape index (κ2) is 7.60. The zero-order chi connectivity index (χ0) is 19.6. The number of nitrogens with one attached hydrogen (secondary N) is 1. The van der Waals surface area contributed by atoms with Crippen LogP contribution < -0.4 is 19.5 Å². The smallest absolute Gasteiger partial charge is 0.387 e. The van der Waals surface area contributed by atoms with Gasteiger partial charge in [0.2, 0.25) is 5.91 Å². The average Bonchev–Trinajstić information content (AvgIpc) is 2.63. The number of ether oxygens (including phenoxy) is 3. The second-order valence-electron chi connectivity index (χ2n) is 6.46. The Labute approximate surface area is 160 Å². The van der Waals surface area contributed by atoms with Crippen LogP contribution in [0.2, 0.25) is 5.02 Å². The van der Waals surface area contributed by atoms with Crippen LogP contribution in [0.5, 0.6) is 17.2 Å². The van der Waals surface area contributed by atoms with Gasteiger partial charge in [0.15, 0.2) is 11.5 Å². The molecule has 1 N–H and O–H groups in total. The van der Waals surface area contributed by atoms with Crippen LogP contribution in [0.4, 0.5) is 14.5 Å². The summed E-state index contributed by atoms with van der Waals surface area (Å²) in [5, 5.41) is 2.72. The molecule has 144 valence electrons. The normalized spacial score (nSPS) is 13.4. The lowest BCUT2D eigenvalue weighted by molar-refractivity contribution is -0.120. The molecule has 0 atom stereocenters. The summed E-state index contributed by atoms with van der Waals surface area (Å²) < 4.78 is 40.0. The van der Waals surface area contributed by atoms with E-state index in [0.717, 1.165) is 5.56 Å². The molecule has 2 aromatic rings. The maximum atomic E-state index is 12.8. The van der Waals surface area contributed by atoms with Crippen molar-refractivity contribution in [2.24, 2.45) is 0 Å². The predicted molar refractivity (Wildman–Crippen MR) is 97.2 cm³/mol. The number of carbonyl (C=O) groups excluding carboxylic acids is 1. The fourth-order valence-corrected chi connectivity index (χ4v) is 2.85. The van der Waals surface area contributed by atoms with Gasteiger partial charge in [-0.25, -0.2) is 0 Å². The van der Waals surface area contributed by atoms with E-state index < -0.39 is 12.0 Å². The van der Waals surface area contributed by atoms with Crippen molar-refractivity contribution in [2.75, 3.05) is 18.5 Å². The van der Waals surface area contributed by atoms with E-state index in [0.29, 0.717) is 30.4 Å². The molecule has 0 bridgehead atoms. The second-order valence-corrected chi connectivity index (χ2v) is 6.87. The van der Waals surface area contributed by atoms with Crippen molar-refractivity contribution in [1.29, 1.82) is 0 Å². The van der Waals surface area contributed by atoms with Crippen LogP contribution in [0.1, 0.15) is 19.4 Å². The third-order valence-corrected chi connectivity index (χ3v) is 4.53. The zero-order valence-corrected chi connectivity index (χ0v) is 15.5. The molecule has 27 heavy (non-hydrogen) atoms. The SMILES string of the molecule is CC(C)(C(=O)Nc1ccc(OC(F)F)c(Cl)c1)c1ccc2c(c1)OCCO2. The zero-order valence-electron chi connectivity index (χ0n) is 14.7. The molecular formula is C19H18ClF2NO4. The molecule has 0 unspecified atom stereocenters. The molecule has 1 amide bonds. The van der Waals surface area contributed by atoms with Gasteiger partial charge in [0, 0.05) is 5.69 Å². The number of halogens is 3. The van der Waals surface area contributed by atoms with E-state index in [-0.39, 0.29) is 16.7 Å². The Kier molecular flexibility index (Phi) is 5.41. The maximum Gasteiger partial charge on any atom is 0.387 e. The van der Waals surface area contributed by atoms with Gasteiger partial charge in [-0.05, 0) is 49.7 Å². The quantitative estimate of drug-likeness (QED) is 0.799. The largest absolute Gasteiger partial charge is 0.486 e. The fourth-order valence-electron chi connectivity index (χ4n) is 2.62. The molecule has 0 saturated carbocycles. The van der Waals surface area contributed by atoms with Crippen LogP contribution in [0.3, 0.4) is 0 Å². The van der Waals surface area contributed by atoms with Crippen LogP contribution in [0.15, 0.2) is 36.4 Å². The third-order valence-electron chi connectivity index (χ3n) is 4.24. The van der Waals surface area contributed by atoms with Gasteiger partial charge in [-0.2, -0.15) is 8.78 Å².